The van der Waals surface area contributed by atoms with Crippen molar-refractivity contribution in [2.75, 3.05) is 27.5 Å². The minimum atomic E-state index is -0.0678. The molecule has 25 heavy (non-hydrogen) atoms. The number of amides is 2. The maximum Gasteiger partial charge on any atom is 0.258 e. The highest BCUT2D eigenvalue weighted by atomic mass is 32.2. The fourth-order valence-corrected chi connectivity index (χ4v) is 4.41. The molecule has 0 unspecified atom stereocenters. The van der Waals surface area contributed by atoms with Crippen LogP contribution in [0.3, 0.4) is 0 Å². The summed E-state index contributed by atoms with van der Waals surface area (Å²) in [5, 5.41) is 3.28. The molecule has 2 amide bonds. The first-order valence-corrected chi connectivity index (χ1v) is 9.26. The van der Waals surface area contributed by atoms with Gasteiger partial charge >= 0.3 is 0 Å². The molecule has 2 heterocycles. The van der Waals surface area contributed by atoms with Gasteiger partial charge in [0.05, 0.1) is 23.3 Å². The van der Waals surface area contributed by atoms with Crippen LogP contribution < -0.4 is 15.1 Å². The number of anilines is 3. The Bertz CT molecular complexity index is 867. The van der Waals surface area contributed by atoms with E-state index in [1.165, 1.54) is 0 Å². The van der Waals surface area contributed by atoms with Gasteiger partial charge in [0, 0.05) is 29.6 Å². The molecule has 0 aromatic heterocycles. The van der Waals surface area contributed by atoms with Gasteiger partial charge in [0.2, 0.25) is 5.91 Å². The summed E-state index contributed by atoms with van der Waals surface area (Å²) < 4.78 is 0. The van der Waals surface area contributed by atoms with Crippen molar-refractivity contribution in [2.24, 2.45) is 0 Å². The first-order chi connectivity index (χ1) is 12.1. The third-order valence-electron chi connectivity index (χ3n) is 4.62. The standard InChI is InChI=1S/C19H19N3O2S/c1-12-10-21(16-5-3-4-6-17(16)22(12)13(2)23)19(24)14-7-8-15-18(9-14)25-11-20-15/h3-9,12,20H,10-11H2,1-2H3/t12-/m0/s1. The van der Waals surface area contributed by atoms with E-state index in [2.05, 4.69) is 5.32 Å². The lowest BCUT2D eigenvalue weighted by molar-refractivity contribution is -0.117. The molecule has 0 saturated heterocycles. The van der Waals surface area contributed by atoms with Crippen molar-refractivity contribution in [2.45, 2.75) is 24.8 Å². The number of thioether (sulfide) groups is 1. The fourth-order valence-electron chi connectivity index (χ4n) is 3.52. The van der Waals surface area contributed by atoms with Gasteiger partial charge in [-0.05, 0) is 37.3 Å². The van der Waals surface area contributed by atoms with Crippen LogP contribution in [0.2, 0.25) is 0 Å². The van der Waals surface area contributed by atoms with Gasteiger partial charge in [0.25, 0.3) is 5.91 Å². The van der Waals surface area contributed by atoms with Crippen molar-refractivity contribution < 1.29 is 9.59 Å². The molecule has 0 radical (unpaired) electrons. The van der Waals surface area contributed by atoms with Crippen LogP contribution in [0.15, 0.2) is 47.4 Å². The van der Waals surface area contributed by atoms with Gasteiger partial charge in [-0.1, -0.05) is 12.1 Å². The number of nitrogens with one attached hydrogen (secondary N) is 1. The molecule has 1 atom stereocenters. The van der Waals surface area contributed by atoms with Crippen molar-refractivity contribution in [1.82, 2.24) is 0 Å². The van der Waals surface area contributed by atoms with E-state index >= 15 is 0 Å². The monoisotopic (exact) mass is 353 g/mol. The van der Waals surface area contributed by atoms with Crippen LogP contribution in [0.25, 0.3) is 0 Å². The molecule has 4 rings (SSSR count). The summed E-state index contributed by atoms with van der Waals surface area (Å²) in [6, 6.07) is 13.3. The largest absolute Gasteiger partial charge is 0.375 e. The van der Waals surface area contributed by atoms with Crippen LogP contribution in [-0.4, -0.2) is 30.3 Å². The van der Waals surface area contributed by atoms with E-state index in [1.807, 2.05) is 49.4 Å². The Kier molecular flexibility index (Phi) is 3.92. The average molecular weight is 353 g/mol. The van der Waals surface area contributed by atoms with Crippen molar-refractivity contribution >= 4 is 40.6 Å². The quantitative estimate of drug-likeness (QED) is 0.852. The third kappa shape index (κ3) is 2.66. The van der Waals surface area contributed by atoms with Crippen molar-refractivity contribution in [3.05, 3.63) is 48.0 Å². The predicted molar refractivity (Wildman–Crippen MR) is 102 cm³/mol. The zero-order valence-electron chi connectivity index (χ0n) is 14.2. The molecule has 0 spiro atoms. The molecule has 2 aliphatic heterocycles. The number of fused-ring (bicyclic) bond motifs is 2. The van der Waals surface area contributed by atoms with Crippen LogP contribution >= 0.6 is 11.8 Å². The lowest BCUT2D eigenvalue weighted by Crippen LogP contribution is -2.51. The van der Waals surface area contributed by atoms with Crippen LogP contribution in [0.5, 0.6) is 0 Å². The van der Waals surface area contributed by atoms with E-state index in [0.717, 1.165) is 27.8 Å². The second kappa shape index (κ2) is 6.11. The van der Waals surface area contributed by atoms with Crippen LogP contribution in [0.4, 0.5) is 17.1 Å². The van der Waals surface area contributed by atoms with Crippen molar-refractivity contribution in [3.63, 3.8) is 0 Å². The lowest BCUT2D eigenvalue weighted by Gasteiger charge is -2.40. The molecule has 1 N–H and O–H groups in total. The van der Waals surface area contributed by atoms with Crippen LogP contribution in [-0.2, 0) is 4.79 Å². The molecular formula is C19H19N3O2S. The van der Waals surface area contributed by atoms with Gasteiger partial charge in [0.15, 0.2) is 0 Å². The number of hydrogen-bond acceptors (Lipinski definition) is 4. The summed E-state index contributed by atoms with van der Waals surface area (Å²) in [7, 11) is 0. The van der Waals surface area contributed by atoms with E-state index in [0.29, 0.717) is 12.1 Å². The molecule has 6 heteroatoms. The van der Waals surface area contributed by atoms with Gasteiger partial charge < -0.3 is 15.1 Å². The Morgan fingerprint density at radius 2 is 1.92 bits per heavy atom. The summed E-state index contributed by atoms with van der Waals surface area (Å²) >= 11 is 1.70. The zero-order chi connectivity index (χ0) is 17.6. The van der Waals surface area contributed by atoms with Gasteiger partial charge in [-0.3, -0.25) is 9.59 Å². The molecule has 0 saturated carbocycles. The molecule has 0 fully saturated rings. The Labute approximate surface area is 151 Å². The second-order valence-corrected chi connectivity index (χ2v) is 7.34. The number of benzene rings is 2. The van der Waals surface area contributed by atoms with Crippen LogP contribution in [0.1, 0.15) is 24.2 Å². The number of hydrogen-bond donors (Lipinski definition) is 1. The van der Waals surface area contributed by atoms with E-state index in [1.54, 1.807) is 28.5 Å². The van der Waals surface area contributed by atoms with Crippen molar-refractivity contribution in [3.8, 4) is 0 Å². The molecule has 2 aromatic carbocycles. The van der Waals surface area contributed by atoms with Crippen molar-refractivity contribution in [1.29, 1.82) is 0 Å². The Balaban J connectivity index is 1.74. The summed E-state index contributed by atoms with van der Waals surface area (Å²) in [4.78, 5) is 29.9. The minimum absolute atomic E-state index is 0.00736. The Morgan fingerprint density at radius 1 is 1.16 bits per heavy atom. The Hall–Kier alpha value is -2.47. The summed E-state index contributed by atoms with van der Waals surface area (Å²) in [6.45, 7) is 4.02. The highest BCUT2D eigenvalue weighted by Crippen LogP contribution is 2.38. The predicted octanol–water partition coefficient (Wildman–Crippen LogP) is 3.56. The summed E-state index contributed by atoms with van der Waals surface area (Å²) in [5.74, 6) is 0.800. The first-order valence-electron chi connectivity index (χ1n) is 8.27. The molecular weight excluding hydrogens is 334 g/mol. The molecule has 2 aliphatic rings. The highest BCUT2D eigenvalue weighted by Gasteiger charge is 2.33. The van der Waals surface area contributed by atoms with E-state index in [9.17, 15) is 9.59 Å². The first kappa shape index (κ1) is 16.0. The summed E-state index contributed by atoms with van der Waals surface area (Å²) in [6.07, 6.45) is 0. The highest BCUT2D eigenvalue weighted by molar-refractivity contribution is 7.99. The molecule has 0 aliphatic carbocycles. The van der Waals surface area contributed by atoms with Crippen LogP contribution in [0, 0.1) is 0 Å². The normalized spacial score (nSPS) is 18.4. The van der Waals surface area contributed by atoms with E-state index in [-0.39, 0.29) is 17.9 Å². The number of para-hydroxylation sites is 2. The maximum absolute atomic E-state index is 13.2. The second-order valence-electron chi connectivity index (χ2n) is 6.32. The minimum Gasteiger partial charge on any atom is -0.375 e. The number of carbonyl (C=O) groups excluding carboxylic acids is 2. The van der Waals surface area contributed by atoms with E-state index < -0.39 is 0 Å². The topological polar surface area (TPSA) is 52.7 Å². The average Bonchev–Trinajstić information content (AvgIpc) is 3.07. The molecule has 128 valence electrons. The Morgan fingerprint density at radius 3 is 2.68 bits per heavy atom. The zero-order valence-corrected chi connectivity index (χ0v) is 15.0. The molecule has 0 bridgehead atoms. The molecule has 5 nitrogen and oxygen atoms in total. The smallest absolute Gasteiger partial charge is 0.258 e. The van der Waals surface area contributed by atoms with E-state index in [4.69, 9.17) is 0 Å². The number of rotatable bonds is 1. The maximum atomic E-state index is 13.2. The third-order valence-corrected chi connectivity index (χ3v) is 5.56. The van der Waals surface area contributed by atoms with Gasteiger partial charge in [-0.15, -0.1) is 11.8 Å². The number of carbonyl (C=O) groups is 2. The SMILES string of the molecule is CC(=O)N1c2ccccc2N(C(=O)c2ccc3c(c2)SCN3)C[C@@H]1C. The van der Waals surface area contributed by atoms with Gasteiger partial charge in [0.1, 0.15) is 0 Å². The summed E-state index contributed by atoms with van der Waals surface area (Å²) in [5.41, 5.74) is 3.33. The molecule has 2 aromatic rings. The lowest BCUT2D eigenvalue weighted by atomic mass is 10.1. The number of nitrogens with zero attached hydrogens (tertiary/aromatic N) is 2. The van der Waals surface area contributed by atoms with Gasteiger partial charge in [-0.25, -0.2) is 0 Å². The fraction of sp³-hybridized carbons (Fsp3) is 0.263. The van der Waals surface area contributed by atoms with Gasteiger partial charge in [-0.2, -0.15) is 0 Å².